The molecule has 96 valence electrons. The molecule has 6 heteroatoms. The van der Waals surface area contributed by atoms with Crippen molar-refractivity contribution < 1.29 is 8.42 Å². The van der Waals surface area contributed by atoms with E-state index in [2.05, 4.69) is 16.7 Å². The van der Waals surface area contributed by atoms with Crippen molar-refractivity contribution in [1.82, 2.24) is 9.62 Å². The maximum Gasteiger partial charge on any atom is 0.211 e. The van der Waals surface area contributed by atoms with Crippen LogP contribution in [0.2, 0.25) is 0 Å². The Labute approximate surface area is 98.4 Å². The number of likely N-dealkylation sites (tertiary alicyclic amines) is 1. The lowest BCUT2D eigenvalue weighted by Crippen LogP contribution is -2.39. The Morgan fingerprint density at radius 2 is 2.25 bits per heavy atom. The molecule has 3 N–H and O–H groups in total. The number of nitrogens with two attached hydrogens (primary N) is 1. The number of hydrogen-bond donors (Lipinski definition) is 2. The third-order valence-electron chi connectivity index (χ3n) is 2.93. The van der Waals surface area contributed by atoms with Crippen LogP contribution in [0.3, 0.4) is 0 Å². The summed E-state index contributed by atoms with van der Waals surface area (Å²) in [6.45, 7) is 3.10. The van der Waals surface area contributed by atoms with Crippen LogP contribution in [-0.4, -0.2) is 52.3 Å². The van der Waals surface area contributed by atoms with Gasteiger partial charge >= 0.3 is 0 Å². The van der Waals surface area contributed by atoms with Crippen LogP contribution in [-0.2, 0) is 10.0 Å². The highest BCUT2D eigenvalue weighted by molar-refractivity contribution is 7.89. The van der Waals surface area contributed by atoms with Gasteiger partial charge in [-0.1, -0.05) is 0 Å². The lowest BCUT2D eigenvalue weighted by atomic mass is 9.99. The van der Waals surface area contributed by atoms with Crippen LogP contribution in [0.1, 0.15) is 19.3 Å². The van der Waals surface area contributed by atoms with Crippen molar-refractivity contribution in [1.29, 1.82) is 0 Å². The molecule has 0 amide bonds. The molecule has 1 aliphatic heterocycles. The molecule has 0 radical (unpaired) electrons. The molecular formula is C10H23N3O2S. The van der Waals surface area contributed by atoms with E-state index < -0.39 is 10.0 Å². The summed E-state index contributed by atoms with van der Waals surface area (Å²) in [4.78, 5) is 2.25. The quantitative estimate of drug-likeness (QED) is 0.671. The smallest absolute Gasteiger partial charge is 0.211 e. The molecule has 1 aliphatic rings. The molecule has 0 spiro atoms. The Balaban J connectivity index is 2.27. The number of nitrogens with zero attached hydrogens (tertiary/aromatic N) is 1. The third kappa shape index (κ3) is 5.25. The minimum absolute atomic E-state index is 0.145. The first-order chi connectivity index (χ1) is 7.53. The highest BCUT2D eigenvalue weighted by Crippen LogP contribution is 2.14. The van der Waals surface area contributed by atoms with Gasteiger partial charge in [0, 0.05) is 13.1 Å². The largest absolute Gasteiger partial charge is 0.330 e. The second kappa shape index (κ2) is 6.54. The van der Waals surface area contributed by atoms with Crippen molar-refractivity contribution in [2.24, 2.45) is 11.7 Å². The Bertz CT molecular complexity index is 292. The number of sulfonamides is 1. The number of rotatable bonds is 6. The maximum atomic E-state index is 11.5. The van der Waals surface area contributed by atoms with Gasteiger partial charge < -0.3 is 10.6 Å². The number of nitrogens with one attached hydrogen (secondary N) is 1. The predicted octanol–water partition coefficient (Wildman–Crippen LogP) is -0.404. The van der Waals surface area contributed by atoms with E-state index in [4.69, 9.17) is 5.73 Å². The normalized spacial score (nSPS) is 23.5. The third-order valence-corrected chi connectivity index (χ3v) is 4.36. The molecule has 1 saturated heterocycles. The minimum Gasteiger partial charge on any atom is -0.330 e. The summed E-state index contributed by atoms with van der Waals surface area (Å²) >= 11 is 0. The van der Waals surface area contributed by atoms with E-state index in [0.29, 0.717) is 25.4 Å². The zero-order valence-electron chi connectivity index (χ0n) is 9.98. The molecule has 1 rings (SSSR count). The van der Waals surface area contributed by atoms with E-state index >= 15 is 0 Å². The fourth-order valence-corrected chi connectivity index (χ4v) is 3.21. The Morgan fingerprint density at radius 3 is 2.88 bits per heavy atom. The van der Waals surface area contributed by atoms with Crippen molar-refractivity contribution in [2.75, 3.05) is 39.0 Å². The van der Waals surface area contributed by atoms with Gasteiger partial charge in [-0.15, -0.1) is 0 Å². The van der Waals surface area contributed by atoms with Gasteiger partial charge in [0.15, 0.2) is 0 Å². The average Bonchev–Trinajstić information content (AvgIpc) is 2.24. The standard InChI is InChI=1S/C10H23N3O2S/c1-13-6-2-4-10(9-13)8-12-16(14,15)7-3-5-11/h10,12H,2-9,11H2,1H3. The Morgan fingerprint density at radius 1 is 1.50 bits per heavy atom. The molecule has 0 aromatic heterocycles. The molecule has 0 bridgehead atoms. The van der Waals surface area contributed by atoms with E-state index in [-0.39, 0.29) is 5.75 Å². The zero-order chi connectivity index (χ0) is 12.0. The van der Waals surface area contributed by atoms with Gasteiger partial charge in [0.1, 0.15) is 0 Å². The van der Waals surface area contributed by atoms with Crippen LogP contribution in [0.4, 0.5) is 0 Å². The van der Waals surface area contributed by atoms with Gasteiger partial charge in [0.05, 0.1) is 5.75 Å². The summed E-state index contributed by atoms with van der Waals surface area (Å²) in [6.07, 6.45) is 2.80. The minimum atomic E-state index is -3.11. The lowest BCUT2D eigenvalue weighted by Gasteiger charge is -2.29. The van der Waals surface area contributed by atoms with Gasteiger partial charge in [-0.05, 0) is 45.3 Å². The number of hydrogen-bond acceptors (Lipinski definition) is 4. The number of piperidine rings is 1. The molecule has 5 nitrogen and oxygen atoms in total. The molecule has 1 fully saturated rings. The van der Waals surface area contributed by atoms with E-state index in [9.17, 15) is 8.42 Å². The molecule has 0 aliphatic carbocycles. The fourth-order valence-electron chi connectivity index (χ4n) is 2.03. The Kier molecular flexibility index (Phi) is 5.68. The van der Waals surface area contributed by atoms with Crippen LogP contribution < -0.4 is 10.5 Å². The van der Waals surface area contributed by atoms with E-state index in [1.54, 1.807) is 0 Å². The van der Waals surface area contributed by atoms with Gasteiger partial charge in [-0.3, -0.25) is 0 Å². The highest BCUT2D eigenvalue weighted by Gasteiger charge is 2.19. The monoisotopic (exact) mass is 249 g/mol. The Hall–Kier alpha value is -0.170. The zero-order valence-corrected chi connectivity index (χ0v) is 10.8. The summed E-state index contributed by atoms with van der Waals surface area (Å²) < 4.78 is 25.7. The second-order valence-corrected chi connectivity index (χ2v) is 6.51. The van der Waals surface area contributed by atoms with E-state index in [0.717, 1.165) is 25.9 Å². The fraction of sp³-hybridized carbons (Fsp3) is 1.00. The van der Waals surface area contributed by atoms with Gasteiger partial charge in [0.2, 0.25) is 10.0 Å². The van der Waals surface area contributed by atoms with Crippen molar-refractivity contribution in [2.45, 2.75) is 19.3 Å². The molecule has 0 aromatic rings. The summed E-state index contributed by atoms with van der Waals surface area (Å²) in [7, 11) is -1.03. The summed E-state index contributed by atoms with van der Waals surface area (Å²) in [5.41, 5.74) is 5.29. The lowest BCUT2D eigenvalue weighted by molar-refractivity contribution is 0.211. The van der Waals surface area contributed by atoms with Gasteiger partial charge in [-0.2, -0.15) is 0 Å². The SMILES string of the molecule is CN1CCCC(CNS(=O)(=O)CCCN)C1. The van der Waals surface area contributed by atoms with Crippen LogP contribution >= 0.6 is 0 Å². The van der Waals surface area contributed by atoms with E-state index in [1.165, 1.54) is 0 Å². The summed E-state index contributed by atoms with van der Waals surface area (Å²) in [5.74, 6) is 0.595. The topological polar surface area (TPSA) is 75.4 Å². The molecule has 16 heavy (non-hydrogen) atoms. The highest BCUT2D eigenvalue weighted by atomic mass is 32.2. The maximum absolute atomic E-state index is 11.5. The van der Waals surface area contributed by atoms with Crippen LogP contribution in [0, 0.1) is 5.92 Å². The first-order valence-corrected chi connectivity index (χ1v) is 7.54. The van der Waals surface area contributed by atoms with Gasteiger partial charge in [-0.25, -0.2) is 13.1 Å². The van der Waals surface area contributed by atoms with Gasteiger partial charge in [0.25, 0.3) is 0 Å². The molecule has 1 unspecified atom stereocenters. The first-order valence-electron chi connectivity index (χ1n) is 5.89. The van der Waals surface area contributed by atoms with Crippen LogP contribution in [0.25, 0.3) is 0 Å². The van der Waals surface area contributed by atoms with Crippen LogP contribution in [0.5, 0.6) is 0 Å². The summed E-state index contributed by atoms with van der Waals surface area (Å²) in [6, 6.07) is 0. The predicted molar refractivity (Wildman–Crippen MR) is 65.7 cm³/mol. The molecule has 1 atom stereocenters. The van der Waals surface area contributed by atoms with Crippen LogP contribution in [0.15, 0.2) is 0 Å². The molecule has 0 saturated carbocycles. The molecule has 1 heterocycles. The first kappa shape index (κ1) is 13.9. The van der Waals surface area contributed by atoms with Crippen molar-refractivity contribution in [3.05, 3.63) is 0 Å². The second-order valence-electron chi connectivity index (χ2n) is 4.58. The average molecular weight is 249 g/mol. The summed E-state index contributed by atoms with van der Waals surface area (Å²) in [5, 5.41) is 0. The van der Waals surface area contributed by atoms with Crippen molar-refractivity contribution >= 4 is 10.0 Å². The molecular weight excluding hydrogens is 226 g/mol. The van der Waals surface area contributed by atoms with Crippen molar-refractivity contribution in [3.63, 3.8) is 0 Å². The molecule has 0 aromatic carbocycles. The van der Waals surface area contributed by atoms with E-state index in [1.807, 2.05) is 0 Å². The van der Waals surface area contributed by atoms with Crippen molar-refractivity contribution in [3.8, 4) is 0 Å².